The Morgan fingerprint density at radius 2 is 1.43 bits per heavy atom. The second-order valence-corrected chi connectivity index (χ2v) is 6.07. The van der Waals surface area contributed by atoms with E-state index in [1.807, 2.05) is 27.7 Å². The molecule has 1 aromatic carbocycles. The molecule has 0 aliphatic heterocycles. The topological polar surface area (TPSA) is 20.3 Å². The lowest BCUT2D eigenvalue weighted by molar-refractivity contribution is -0.137. The summed E-state index contributed by atoms with van der Waals surface area (Å²) in [6.07, 6.45) is -4.38. The summed E-state index contributed by atoms with van der Waals surface area (Å²) < 4.78 is 37.6. The molecule has 0 unspecified atom stereocenters. The van der Waals surface area contributed by atoms with Crippen LogP contribution in [0.5, 0.6) is 0 Å². The van der Waals surface area contributed by atoms with Gasteiger partial charge < -0.3 is 4.90 Å². The molecule has 0 aliphatic carbocycles. The summed E-state index contributed by atoms with van der Waals surface area (Å²) >= 11 is 0. The molecule has 1 amide bonds. The molecule has 0 aliphatic rings. The molecule has 0 saturated heterocycles. The Hall–Kier alpha value is -1.52. The molecule has 0 radical (unpaired) electrons. The minimum absolute atomic E-state index is 0.217. The van der Waals surface area contributed by atoms with Gasteiger partial charge in [0.2, 0.25) is 0 Å². The fourth-order valence-corrected chi connectivity index (χ4v) is 2.11. The number of amides is 1. The second kappa shape index (κ2) is 6.96. The van der Waals surface area contributed by atoms with Crippen LogP contribution in [0, 0.1) is 11.8 Å². The van der Waals surface area contributed by atoms with E-state index < -0.39 is 11.7 Å². The summed E-state index contributed by atoms with van der Waals surface area (Å²) in [7, 11) is 0. The molecule has 0 spiro atoms. The van der Waals surface area contributed by atoms with E-state index in [0.29, 0.717) is 30.5 Å². The van der Waals surface area contributed by atoms with Crippen LogP contribution in [0.4, 0.5) is 13.2 Å². The van der Waals surface area contributed by atoms with Crippen molar-refractivity contribution in [2.45, 2.75) is 33.9 Å². The molecule has 5 heteroatoms. The fraction of sp³-hybridized carbons (Fsp3) is 0.562. The Bertz CT molecular complexity index is 453. The standard InChI is InChI=1S/C16H22F3NO/c1-11(2)9-20(10-12(3)4)15(21)13-5-7-14(8-6-13)16(17,18)19/h5-8,11-12H,9-10H2,1-4H3. The fourth-order valence-electron chi connectivity index (χ4n) is 2.11. The number of hydrogen-bond donors (Lipinski definition) is 0. The first-order valence-corrected chi connectivity index (χ1v) is 7.07. The van der Waals surface area contributed by atoms with E-state index in [2.05, 4.69) is 0 Å². The largest absolute Gasteiger partial charge is 0.416 e. The Morgan fingerprint density at radius 1 is 1.00 bits per heavy atom. The third kappa shape index (κ3) is 5.40. The van der Waals surface area contributed by atoms with Crippen molar-refractivity contribution in [3.8, 4) is 0 Å². The van der Waals surface area contributed by atoms with Crippen molar-refractivity contribution in [1.82, 2.24) is 4.90 Å². The number of hydrogen-bond acceptors (Lipinski definition) is 1. The predicted molar refractivity (Wildman–Crippen MR) is 77.0 cm³/mol. The van der Waals surface area contributed by atoms with Crippen LogP contribution in [0.25, 0.3) is 0 Å². The number of alkyl halides is 3. The number of carbonyl (C=O) groups is 1. The zero-order valence-corrected chi connectivity index (χ0v) is 12.9. The van der Waals surface area contributed by atoms with Crippen LogP contribution in [-0.2, 0) is 6.18 Å². The molecule has 2 nitrogen and oxygen atoms in total. The van der Waals surface area contributed by atoms with Gasteiger partial charge in [-0.05, 0) is 36.1 Å². The maximum atomic E-state index is 12.5. The summed E-state index contributed by atoms with van der Waals surface area (Å²) in [5.74, 6) is 0.399. The molecule has 1 aromatic rings. The van der Waals surface area contributed by atoms with Gasteiger partial charge in [-0.1, -0.05) is 27.7 Å². The highest BCUT2D eigenvalue weighted by Gasteiger charge is 2.30. The van der Waals surface area contributed by atoms with Gasteiger partial charge in [-0.2, -0.15) is 13.2 Å². The van der Waals surface area contributed by atoms with Crippen molar-refractivity contribution in [3.05, 3.63) is 35.4 Å². The van der Waals surface area contributed by atoms with Crippen molar-refractivity contribution in [2.24, 2.45) is 11.8 Å². The molecule has 0 aromatic heterocycles. The lowest BCUT2D eigenvalue weighted by Gasteiger charge is -2.26. The lowest BCUT2D eigenvalue weighted by atomic mass is 10.1. The zero-order chi connectivity index (χ0) is 16.2. The zero-order valence-electron chi connectivity index (χ0n) is 12.9. The van der Waals surface area contributed by atoms with Crippen molar-refractivity contribution < 1.29 is 18.0 Å². The number of benzene rings is 1. The van der Waals surface area contributed by atoms with E-state index in [0.717, 1.165) is 12.1 Å². The molecule has 118 valence electrons. The maximum Gasteiger partial charge on any atom is 0.416 e. The van der Waals surface area contributed by atoms with Crippen molar-refractivity contribution in [1.29, 1.82) is 0 Å². The number of carbonyl (C=O) groups excluding carboxylic acids is 1. The molecule has 0 saturated carbocycles. The van der Waals surface area contributed by atoms with E-state index in [-0.39, 0.29) is 5.91 Å². The summed E-state index contributed by atoms with van der Waals surface area (Å²) in [6, 6.07) is 4.41. The monoisotopic (exact) mass is 301 g/mol. The van der Waals surface area contributed by atoms with Gasteiger partial charge in [0.05, 0.1) is 5.56 Å². The minimum Gasteiger partial charge on any atom is -0.338 e. The molecule has 0 bridgehead atoms. The maximum absolute atomic E-state index is 12.5. The SMILES string of the molecule is CC(C)CN(CC(C)C)C(=O)c1ccc(C(F)(F)F)cc1. The third-order valence-corrected chi connectivity index (χ3v) is 2.92. The predicted octanol–water partition coefficient (Wildman–Crippen LogP) is 4.46. The third-order valence-electron chi connectivity index (χ3n) is 2.92. The van der Waals surface area contributed by atoms with Crippen LogP contribution in [-0.4, -0.2) is 23.9 Å². The van der Waals surface area contributed by atoms with Gasteiger partial charge in [-0.25, -0.2) is 0 Å². The summed E-state index contributed by atoms with van der Waals surface area (Å²) in [4.78, 5) is 14.1. The van der Waals surface area contributed by atoms with Gasteiger partial charge in [0.15, 0.2) is 0 Å². The first-order chi connectivity index (χ1) is 9.61. The van der Waals surface area contributed by atoms with Gasteiger partial charge >= 0.3 is 6.18 Å². The highest BCUT2D eigenvalue weighted by Crippen LogP contribution is 2.29. The molecule has 1 rings (SSSR count). The Kier molecular flexibility index (Phi) is 5.81. The van der Waals surface area contributed by atoms with Gasteiger partial charge in [-0.15, -0.1) is 0 Å². The summed E-state index contributed by atoms with van der Waals surface area (Å²) in [5.41, 5.74) is -0.442. The van der Waals surface area contributed by atoms with E-state index in [1.165, 1.54) is 12.1 Å². The van der Waals surface area contributed by atoms with Gasteiger partial charge in [0, 0.05) is 18.7 Å². The van der Waals surface area contributed by atoms with E-state index in [9.17, 15) is 18.0 Å². The van der Waals surface area contributed by atoms with E-state index >= 15 is 0 Å². The van der Waals surface area contributed by atoms with Crippen LogP contribution >= 0.6 is 0 Å². The number of halogens is 3. The lowest BCUT2D eigenvalue weighted by Crippen LogP contribution is -2.37. The molecular weight excluding hydrogens is 279 g/mol. The smallest absolute Gasteiger partial charge is 0.338 e. The Balaban J connectivity index is 2.93. The van der Waals surface area contributed by atoms with E-state index in [4.69, 9.17) is 0 Å². The van der Waals surface area contributed by atoms with Crippen molar-refractivity contribution >= 4 is 5.91 Å². The summed E-state index contributed by atoms with van der Waals surface area (Å²) in [5, 5.41) is 0. The molecule has 0 N–H and O–H groups in total. The van der Waals surface area contributed by atoms with Crippen LogP contribution < -0.4 is 0 Å². The molecule has 0 heterocycles. The highest BCUT2D eigenvalue weighted by atomic mass is 19.4. The summed E-state index contributed by atoms with van der Waals surface area (Å²) in [6.45, 7) is 9.22. The van der Waals surface area contributed by atoms with E-state index in [1.54, 1.807) is 4.90 Å². The molecule has 21 heavy (non-hydrogen) atoms. The quantitative estimate of drug-likeness (QED) is 0.786. The normalized spacial score (nSPS) is 12.0. The number of nitrogens with zero attached hydrogens (tertiary/aromatic N) is 1. The number of rotatable bonds is 5. The van der Waals surface area contributed by atoms with Gasteiger partial charge in [0.25, 0.3) is 5.91 Å². The highest BCUT2D eigenvalue weighted by molar-refractivity contribution is 5.94. The Labute approximate surface area is 123 Å². The Morgan fingerprint density at radius 3 is 1.76 bits per heavy atom. The van der Waals surface area contributed by atoms with Crippen molar-refractivity contribution in [3.63, 3.8) is 0 Å². The molecular formula is C16H22F3NO. The van der Waals surface area contributed by atoms with Crippen molar-refractivity contribution in [2.75, 3.05) is 13.1 Å². The van der Waals surface area contributed by atoms with Crippen LogP contribution in [0.3, 0.4) is 0 Å². The van der Waals surface area contributed by atoms with Gasteiger partial charge in [-0.3, -0.25) is 4.79 Å². The average molecular weight is 301 g/mol. The van der Waals surface area contributed by atoms with Crippen LogP contribution in [0.15, 0.2) is 24.3 Å². The molecule has 0 atom stereocenters. The minimum atomic E-state index is -4.38. The molecule has 0 fully saturated rings. The second-order valence-electron chi connectivity index (χ2n) is 6.07. The first kappa shape index (κ1) is 17.5. The first-order valence-electron chi connectivity index (χ1n) is 7.07. The van der Waals surface area contributed by atoms with Crippen LogP contribution in [0.2, 0.25) is 0 Å². The van der Waals surface area contributed by atoms with Gasteiger partial charge in [0.1, 0.15) is 0 Å². The average Bonchev–Trinajstić information content (AvgIpc) is 2.35. The van der Waals surface area contributed by atoms with Crippen LogP contribution in [0.1, 0.15) is 43.6 Å².